The van der Waals surface area contributed by atoms with Crippen LogP contribution in [0.15, 0.2) is 65.8 Å². The van der Waals surface area contributed by atoms with Crippen LogP contribution in [-0.2, 0) is 0 Å². The predicted molar refractivity (Wildman–Crippen MR) is 117 cm³/mol. The third kappa shape index (κ3) is 3.47. The van der Waals surface area contributed by atoms with Gasteiger partial charge in [-0.2, -0.15) is 5.10 Å². The van der Waals surface area contributed by atoms with E-state index in [2.05, 4.69) is 0 Å². The summed E-state index contributed by atoms with van der Waals surface area (Å²) in [6.45, 7) is 0. The molecule has 5 nitrogen and oxygen atoms in total. The van der Waals surface area contributed by atoms with Gasteiger partial charge in [-0.05, 0) is 54.1 Å². The molecular formula is C24H20ClFN2O3. The summed E-state index contributed by atoms with van der Waals surface area (Å²) < 4.78 is 30.9. The predicted octanol–water partition coefficient (Wildman–Crippen LogP) is 5.74. The number of rotatable bonds is 4. The average Bonchev–Trinajstić information content (AvgIpc) is 3.24. The summed E-state index contributed by atoms with van der Waals surface area (Å²) in [6, 6.07) is 17.5. The zero-order valence-electron chi connectivity index (χ0n) is 17.0. The van der Waals surface area contributed by atoms with Gasteiger partial charge in [-0.1, -0.05) is 23.7 Å². The molecular weight excluding hydrogens is 419 g/mol. The van der Waals surface area contributed by atoms with Crippen LogP contribution in [0.25, 0.3) is 0 Å². The lowest BCUT2D eigenvalue weighted by Crippen LogP contribution is -2.34. The fraction of sp³-hybridized carbons (Fsp3) is 0.208. The number of hydrogen-bond donors (Lipinski definition) is 0. The van der Waals surface area contributed by atoms with E-state index in [1.807, 2.05) is 41.4 Å². The van der Waals surface area contributed by atoms with Crippen molar-refractivity contribution in [2.75, 3.05) is 14.2 Å². The Balaban J connectivity index is 1.63. The molecule has 3 aromatic carbocycles. The lowest BCUT2D eigenvalue weighted by atomic mass is 9.95. The molecule has 0 spiro atoms. The molecule has 2 unspecified atom stereocenters. The first-order chi connectivity index (χ1) is 15.1. The SMILES string of the molecule is COc1ccc(OC)c(C2Oc3ccc(Cl)cc3C3CC(c4ccc(F)cc4)=NN32)c1. The van der Waals surface area contributed by atoms with Crippen molar-refractivity contribution in [1.82, 2.24) is 5.01 Å². The molecule has 0 fully saturated rings. The van der Waals surface area contributed by atoms with Gasteiger partial charge in [0.1, 0.15) is 23.1 Å². The van der Waals surface area contributed by atoms with Gasteiger partial charge in [-0.15, -0.1) is 0 Å². The first-order valence-corrected chi connectivity index (χ1v) is 10.2. The van der Waals surface area contributed by atoms with Crippen molar-refractivity contribution < 1.29 is 18.6 Å². The number of benzene rings is 3. The van der Waals surface area contributed by atoms with E-state index < -0.39 is 6.23 Å². The summed E-state index contributed by atoms with van der Waals surface area (Å²) >= 11 is 6.29. The van der Waals surface area contributed by atoms with Gasteiger partial charge in [-0.3, -0.25) is 0 Å². The second kappa shape index (κ2) is 7.78. The fourth-order valence-electron chi connectivity index (χ4n) is 4.11. The molecule has 7 heteroatoms. The number of methoxy groups -OCH3 is 2. The van der Waals surface area contributed by atoms with E-state index in [-0.39, 0.29) is 11.9 Å². The molecule has 0 radical (unpaired) electrons. The molecule has 3 aromatic rings. The molecule has 31 heavy (non-hydrogen) atoms. The zero-order chi connectivity index (χ0) is 21.5. The van der Waals surface area contributed by atoms with Crippen LogP contribution in [0.2, 0.25) is 5.02 Å². The molecule has 0 amide bonds. The largest absolute Gasteiger partial charge is 0.497 e. The Kier molecular flexibility index (Phi) is 4.94. The van der Waals surface area contributed by atoms with E-state index in [0.29, 0.717) is 22.9 Å². The third-order valence-electron chi connectivity index (χ3n) is 5.63. The summed E-state index contributed by atoms with van der Waals surface area (Å²) in [5, 5.41) is 7.45. The Hall–Kier alpha value is -3.25. The number of nitrogens with zero attached hydrogens (tertiary/aromatic N) is 2. The molecule has 0 saturated carbocycles. The van der Waals surface area contributed by atoms with Crippen molar-refractivity contribution >= 4 is 17.3 Å². The molecule has 0 aliphatic carbocycles. The van der Waals surface area contributed by atoms with Crippen molar-refractivity contribution in [3.63, 3.8) is 0 Å². The topological polar surface area (TPSA) is 43.3 Å². The van der Waals surface area contributed by atoms with Crippen LogP contribution in [0, 0.1) is 5.82 Å². The summed E-state index contributed by atoms with van der Waals surface area (Å²) in [5.74, 6) is 1.84. The molecule has 0 bridgehead atoms. The number of halogens is 2. The summed E-state index contributed by atoms with van der Waals surface area (Å²) in [6.07, 6.45) is 0.118. The van der Waals surface area contributed by atoms with Gasteiger partial charge in [0.15, 0.2) is 0 Å². The van der Waals surface area contributed by atoms with Crippen LogP contribution in [0.1, 0.15) is 35.4 Å². The quantitative estimate of drug-likeness (QED) is 0.521. The molecule has 2 aliphatic rings. The Morgan fingerprint density at radius 3 is 2.55 bits per heavy atom. The smallest absolute Gasteiger partial charge is 0.217 e. The Morgan fingerprint density at radius 1 is 1.00 bits per heavy atom. The zero-order valence-corrected chi connectivity index (χ0v) is 17.8. The molecule has 5 rings (SSSR count). The van der Waals surface area contributed by atoms with Crippen LogP contribution in [0.5, 0.6) is 17.2 Å². The van der Waals surface area contributed by atoms with Crippen LogP contribution in [-0.4, -0.2) is 24.9 Å². The summed E-state index contributed by atoms with van der Waals surface area (Å²) in [5.41, 5.74) is 3.49. The second-order valence-electron chi connectivity index (χ2n) is 7.41. The Bertz CT molecular complexity index is 1170. The highest BCUT2D eigenvalue weighted by Crippen LogP contribution is 2.49. The number of hydrogen-bond acceptors (Lipinski definition) is 5. The highest BCUT2D eigenvalue weighted by Gasteiger charge is 2.42. The van der Waals surface area contributed by atoms with Gasteiger partial charge in [0.2, 0.25) is 6.23 Å². The van der Waals surface area contributed by atoms with Crippen molar-refractivity contribution in [2.45, 2.75) is 18.7 Å². The van der Waals surface area contributed by atoms with Crippen molar-refractivity contribution in [3.05, 3.63) is 88.2 Å². The first-order valence-electron chi connectivity index (χ1n) is 9.87. The van der Waals surface area contributed by atoms with Crippen molar-refractivity contribution in [2.24, 2.45) is 5.10 Å². The minimum atomic E-state index is -0.526. The molecule has 158 valence electrons. The third-order valence-corrected chi connectivity index (χ3v) is 5.87. The maximum absolute atomic E-state index is 13.4. The van der Waals surface area contributed by atoms with Crippen LogP contribution in [0.3, 0.4) is 0 Å². The lowest BCUT2D eigenvalue weighted by molar-refractivity contribution is -0.0204. The van der Waals surface area contributed by atoms with E-state index in [9.17, 15) is 4.39 Å². The maximum Gasteiger partial charge on any atom is 0.217 e. The van der Waals surface area contributed by atoms with Gasteiger partial charge in [0.25, 0.3) is 0 Å². The Labute approximate surface area is 184 Å². The molecule has 2 heterocycles. The van der Waals surface area contributed by atoms with Crippen molar-refractivity contribution in [1.29, 1.82) is 0 Å². The summed E-state index contributed by atoms with van der Waals surface area (Å²) in [7, 11) is 3.24. The van der Waals surface area contributed by atoms with Gasteiger partial charge >= 0.3 is 0 Å². The normalized spacial score (nSPS) is 19.2. The van der Waals surface area contributed by atoms with E-state index in [0.717, 1.165) is 28.2 Å². The van der Waals surface area contributed by atoms with E-state index in [4.69, 9.17) is 30.9 Å². The Morgan fingerprint density at radius 2 is 1.81 bits per heavy atom. The number of ether oxygens (including phenoxy) is 3. The number of fused-ring (bicyclic) bond motifs is 3. The van der Waals surface area contributed by atoms with Crippen LogP contribution >= 0.6 is 11.6 Å². The van der Waals surface area contributed by atoms with E-state index >= 15 is 0 Å². The molecule has 2 aliphatic heterocycles. The maximum atomic E-state index is 13.4. The van der Waals surface area contributed by atoms with Crippen molar-refractivity contribution in [3.8, 4) is 17.2 Å². The number of hydrazone groups is 1. The molecule has 0 saturated heterocycles. The van der Waals surface area contributed by atoms with E-state index in [1.54, 1.807) is 26.4 Å². The summed E-state index contributed by atoms with van der Waals surface area (Å²) in [4.78, 5) is 0. The monoisotopic (exact) mass is 438 g/mol. The van der Waals surface area contributed by atoms with Gasteiger partial charge in [0.05, 0.1) is 31.5 Å². The van der Waals surface area contributed by atoms with Crippen LogP contribution < -0.4 is 14.2 Å². The minimum absolute atomic E-state index is 0.0802. The van der Waals surface area contributed by atoms with Gasteiger partial charge in [-0.25, -0.2) is 9.40 Å². The average molecular weight is 439 g/mol. The minimum Gasteiger partial charge on any atom is -0.497 e. The van der Waals surface area contributed by atoms with Gasteiger partial charge in [0, 0.05) is 17.0 Å². The second-order valence-corrected chi connectivity index (χ2v) is 7.85. The highest BCUT2D eigenvalue weighted by atomic mass is 35.5. The first kappa shape index (κ1) is 19.7. The molecule has 0 N–H and O–H groups in total. The van der Waals surface area contributed by atoms with E-state index in [1.165, 1.54) is 12.1 Å². The highest BCUT2D eigenvalue weighted by molar-refractivity contribution is 6.30. The van der Waals surface area contributed by atoms with Crippen LogP contribution in [0.4, 0.5) is 4.39 Å². The molecule has 0 aromatic heterocycles. The fourth-order valence-corrected chi connectivity index (χ4v) is 4.29. The molecule has 2 atom stereocenters. The standard InChI is InChI=1S/C24H20ClFN2O3/c1-29-17-8-10-22(30-2)19(12-17)24-28-21(18-11-15(25)5-9-23(18)31-24)13-20(27-28)14-3-6-16(26)7-4-14/h3-12,21,24H,13H2,1-2H3. The lowest BCUT2D eigenvalue weighted by Gasteiger charge is -2.38. The van der Waals surface area contributed by atoms with Gasteiger partial charge < -0.3 is 14.2 Å².